The summed E-state index contributed by atoms with van der Waals surface area (Å²) in [6, 6.07) is 17.1. The first-order valence-electron chi connectivity index (χ1n) is 6.98. The average Bonchev–Trinajstić information content (AvgIpc) is 2.87. The van der Waals surface area contributed by atoms with Crippen molar-refractivity contribution >= 4 is 31.5 Å². The molecule has 0 spiro atoms. The largest absolute Gasteiger partial charge is 0.256 e. The Balaban J connectivity index is 2.18. The predicted molar refractivity (Wildman–Crippen MR) is 88.5 cm³/mol. The third kappa shape index (κ3) is 1.85. The lowest BCUT2D eigenvalue weighted by atomic mass is 10.0. The SMILES string of the molecule is Cc1ccccc1-c1c2sc3ccccc3c2cn[n+]1C. The van der Waals surface area contributed by atoms with Gasteiger partial charge in [0, 0.05) is 15.5 Å². The normalized spacial score (nSPS) is 11.3. The molecule has 0 radical (unpaired) electrons. The van der Waals surface area contributed by atoms with Gasteiger partial charge in [-0.25, -0.2) is 0 Å². The van der Waals surface area contributed by atoms with E-state index in [-0.39, 0.29) is 0 Å². The van der Waals surface area contributed by atoms with Crippen molar-refractivity contribution in [2.24, 2.45) is 7.05 Å². The average molecular weight is 291 g/mol. The van der Waals surface area contributed by atoms with Gasteiger partial charge in [-0.15, -0.1) is 11.3 Å². The predicted octanol–water partition coefficient (Wildman–Crippen LogP) is 4.25. The number of hydrogen-bond acceptors (Lipinski definition) is 2. The van der Waals surface area contributed by atoms with Crippen molar-refractivity contribution in [3.05, 3.63) is 60.3 Å². The third-order valence-electron chi connectivity index (χ3n) is 3.93. The van der Waals surface area contributed by atoms with Gasteiger partial charge in [0.15, 0.2) is 7.05 Å². The van der Waals surface area contributed by atoms with E-state index in [0.29, 0.717) is 0 Å². The smallest absolute Gasteiger partial charge is 0.128 e. The van der Waals surface area contributed by atoms with Gasteiger partial charge in [-0.2, -0.15) is 0 Å². The van der Waals surface area contributed by atoms with Crippen LogP contribution in [0.5, 0.6) is 0 Å². The van der Waals surface area contributed by atoms with E-state index in [9.17, 15) is 0 Å². The first kappa shape index (κ1) is 12.5. The minimum atomic E-state index is 1.20. The Morgan fingerprint density at radius 2 is 1.71 bits per heavy atom. The lowest BCUT2D eigenvalue weighted by Crippen LogP contribution is -2.35. The Morgan fingerprint density at radius 3 is 2.57 bits per heavy atom. The molecule has 0 amide bonds. The fraction of sp³-hybridized carbons (Fsp3) is 0.111. The molecule has 2 aromatic heterocycles. The summed E-state index contributed by atoms with van der Waals surface area (Å²) in [5.74, 6) is 0. The van der Waals surface area contributed by atoms with Crippen LogP contribution < -0.4 is 4.68 Å². The highest BCUT2D eigenvalue weighted by Crippen LogP contribution is 2.37. The molecule has 0 aliphatic heterocycles. The molecule has 0 fully saturated rings. The zero-order valence-electron chi connectivity index (χ0n) is 12.0. The van der Waals surface area contributed by atoms with Gasteiger partial charge in [-0.05, 0) is 29.7 Å². The van der Waals surface area contributed by atoms with Crippen LogP contribution in [0.25, 0.3) is 31.4 Å². The summed E-state index contributed by atoms with van der Waals surface area (Å²) in [6.45, 7) is 2.15. The van der Waals surface area contributed by atoms with Crippen molar-refractivity contribution in [2.75, 3.05) is 0 Å². The van der Waals surface area contributed by atoms with Crippen LogP contribution in [0.2, 0.25) is 0 Å². The number of nitrogens with zero attached hydrogens (tertiary/aromatic N) is 2. The lowest BCUT2D eigenvalue weighted by molar-refractivity contribution is -0.719. The van der Waals surface area contributed by atoms with Gasteiger partial charge in [-0.3, -0.25) is 0 Å². The fourth-order valence-corrected chi connectivity index (χ4v) is 4.12. The molecular formula is C18H15N2S+. The molecule has 4 rings (SSSR count). The maximum Gasteiger partial charge on any atom is 0.256 e. The van der Waals surface area contributed by atoms with Crippen LogP contribution in [0.1, 0.15) is 5.56 Å². The summed E-state index contributed by atoms with van der Waals surface area (Å²) in [7, 11) is 2.02. The molecule has 2 heterocycles. The standard InChI is InChI=1S/C18H15N2S/c1-12-7-3-4-8-13(12)17-18-15(11-19-20(17)2)14-9-5-6-10-16(14)21-18/h3-11H,1-2H3/q+1. The van der Waals surface area contributed by atoms with Crippen molar-refractivity contribution in [1.29, 1.82) is 0 Å². The number of hydrogen-bond donors (Lipinski definition) is 0. The summed E-state index contributed by atoms with van der Waals surface area (Å²) in [6.07, 6.45) is 1.98. The molecular weight excluding hydrogens is 276 g/mol. The molecule has 0 aliphatic carbocycles. The summed E-state index contributed by atoms with van der Waals surface area (Å²) in [5.41, 5.74) is 3.73. The van der Waals surface area contributed by atoms with Gasteiger partial charge >= 0.3 is 0 Å². The van der Waals surface area contributed by atoms with Crippen LogP contribution in [-0.2, 0) is 7.05 Å². The second kappa shape index (κ2) is 4.64. The van der Waals surface area contributed by atoms with Crippen LogP contribution in [0.15, 0.2) is 54.7 Å². The van der Waals surface area contributed by atoms with E-state index in [1.54, 1.807) is 0 Å². The Kier molecular flexibility index (Phi) is 2.76. The van der Waals surface area contributed by atoms with E-state index in [2.05, 4.69) is 60.6 Å². The topological polar surface area (TPSA) is 16.8 Å². The summed E-state index contributed by atoms with van der Waals surface area (Å²) in [5, 5.41) is 7.11. The van der Waals surface area contributed by atoms with Crippen LogP contribution in [0.4, 0.5) is 0 Å². The summed E-state index contributed by atoms with van der Waals surface area (Å²) in [4.78, 5) is 0. The molecule has 2 aromatic carbocycles. The highest BCUT2D eigenvalue weighted by Gasteiger charge is 2.21. The van der Waals surface area contributed by atoms with Crippen molar-refractivity contribution in [2.45, 2.75) is 6.92 Å². The zero-order chi connectivity index (χ0) is 14.4. The Hall–Kier alpha value is -2.26. The second-order valence-corrected chi connectivity index (χ2v) is 6.32. The van der Waals surface area contributed by atoms with Gasteiger partial charge in [0.2, 0.25) is 0 Å². The number of thiophene rings is 1. The summed E-state index contributed by atoms with van der Waals surface area (Å²) < 4.78 is 4.61. The van der Waals surface area contributed by atoms with Crippen LogP contribution in [0, 0.1) is 6.92 Å². The van der Waals surface area contributed by atoms with E-state index in [0.717, 1.165) is 0 Å². The molecule has 0 aliphatic rings. The Morgan fingerprint density at radius 1 is 0.952 bits per heavy atom. The number of rotatable bonds is 1. The van der Waals surface area contributed by atoms with E-state index in [4.69, 9.17) is 0 Å². The first-order valence-corrected chi connectivity index (χ1v) is 7.80. The Labute approximate surface area is 127 Å². The minimum Gasteiger partial charge on any atom is -0.128 e. The second-order valence-electron chi connectivity index (χ2n) is 5.27. The fourth-order valence-electron chi connectivity index (χ4n) is 2.85. The molecule has 0 atom stereocenters. The third-order valence-corrected chi connectivity index (χ3v) is 5.13. The quantitative estimate of drug-likeness (QED) is 0.479. The monoisotopic (exact) mass is 291 g/mol. The number of fused-ring (bicyclic) bond motifs is 3. The van der Waals surface area contributed by atoms with Gasteiger partial charge in [0.25, 0.3) is 5.69 Å². The van der Waals surface area contributed by atoms with Crippen molar-refractivity contribution in [3.63, 3.8) is 0 Å². The Bertz CT molecular complexity index is 969. The highest BCUT2D eigenvalue weighted by atomic mass is 32.1. The van der Waals surface area contributed by atoms with E-state index >= 15 is 0 Å². The maximum absolute atomic E-state index is 4.57. The molecule has 102 valence electrons. The molecule has 3 heteroatoms. The number of aryl methyl sites for hydroxylation is 2. The van der Waals surface area contributed by atoms with Gasteiger partial charge in [0.1, 0.15) is 10.9 Å². The highest BCUT2D eigenvalue weighted by molar-refractivity contribution is 7.26. The molecule has 0 saturated heterocycles. The molecule has 21 heavy (non-hydrogen) atoms. The van der Waals surface area contributed by atoms with E-state index < -0.39 is 0 Å². The van der Waals surface area contributed by atoms with Crippen LogP contribution in [0.3, 0.4) is 0 Å². The van der Waals surface area contributed by atoms with Crippen molar-refractivity contribution < 1.29 is 4.68 Å². The van der Waals surface area contributed by atoms with Gasteiger partial charge < -0.3 is 0 Å². The van der Waals surface area contributed by atoms with Gasteiger partial charge in [-0.1, -0.05) is 41.1 Å². The zero-order valence-corrected chi connectivity index (χ0v) is 12.8. The molecule has 4 aromatic rings. The van der Waals surface area contributed by atoms with Crippen LogP contribution in [-0.4, -0.2) is 5.10 Å². The number of aromatic nitrogens is 2. The van der Waals surface area contributed by atoms with Crippen molar-refractivity contribution in [3.8, 4) is 11.3 Å². The molecule has 2 nitrogen and oxygen atoms in total. The maximum atomic E-state index is 4.57. The van der Waals surface area contributed by atoms with Gasteiger partial charge in [0.05, 0.1) is 5.56 Å². The molecule has 0 unspecified atom stereocenters. The minimum absolute atomic E-state index is 1.20. The van der Waals surface area contributed by atoms with Crippen molar-refractivity contribution in [1.82, 2.24) is 5.10 Å². The molecule has 0 saturated carbocycles. The summed E-state index contributed by atoms with van der Waals surface area (Å²) >= 11 is 1.85. The van der Waals surface area contributed by atoms with E-state index in [1.165, 1.54) is 37.0 Å². The van der Waals surface area contributed by atoms with E-state index in [1.807, 2.05) is 29.3 Å². The lowest BCUT2D eigenvalue weighted by Gasteiger charge is -2.03. The molecule has 0 N–H and O–H groups in total. The molecule has 0 bridgehead atoms. The first-order chi connectivity index (χ1) is 10.3. The number of benzene rings is 2. The van der Waals surface area contributed by atoms with Crippen LogP contribution >= 0.6 is 11.3 Å².